The molecule has 0 N–H and O–H groups in total. The normalized spacial score (nSPS) is 12.7. The number of aryl methyl sites for hydroxylation is 1. The van der Waals surface area contributed by atoms with Crippen molar-refractivity contribution >= 4 is 22.9 Å². The van der Waals surface area contributed by atoms with E-state index in [9.17, 15) is 0 Å². The highest BCUT2D eigenvalue weighted by molar-refractivity contribution is 7.10. The molecule has 1 aromatic heterocycles. The van der Waals surface area contributed by atoms with Crippen molar-refractivity contribution in [3.05, 3.63) is 57.8 Å². The van der Waals surface area contributed by atoms with Gasteiger partial charge in [0.15, 0.2) is 0 Å². The van der Waals surface area contributed by atoms with Gasteiger partial charge in [-0.1, -0.05) is 30.3 Å². The molecule has 1 aromatic carbocycles. The molecule has 0 aliphatic heterocycles. The summed E-state index contributed by atoms with van der Waals surface area (Å²) in [6, 6.07) is 12.5. The third-order valence-electron chi connectivity index (χ3n) is 2.44. The predicted molar refractivity (Wildman–Crippen MR) is 67.8 cm³/mol. The van der Waals surface area contributed by atoms with Crippen molar-refractivity contribution in [3.63, 3.8) is 0 Å². The third kappa shape index (κ3) is 2.61. The van der Waals surface area contributed by atoms with Gasteiger partial charge in [-0.05, 0) is 35.9 Å². The number of alkyl halides is 1. The van der Waals surface area contributed by atoms with Gasteiger partial charge in [0.25, 0.3) is 0 Å². The van der Waals surface area contributed by atoms with Crippen molar-refractivity contribution in [2.75, 3.05) is 0 Å². The number of halogens is 1. The van der Waals surface area contributed by atoms with E-state index >= 15 is 0 Å². The van der Waals surface area contributed by atoms with Crippen LogP contribution < -0.4 is 0 Å². The van der Waals surface area contributed by atoms with Crippen molar-refractivity contribution in [3.8, 4) is 0 Å². The summed E-state index contributed by atoms with van der Waals surface area (Å²) in [6.07, 6.45) is 0.906. The van der Waals surface area contributed by atoms with Gasteiger partial charge in [0.1, 0.15) is 0 Å². The van der Waals surface area contributed by atoms with Crippen molar-refractivity contribution < 1.29 is 0 Å². The first-order chi connectivity index (χ1) is 7.27. The number of hydrogen-bond donors (Lipinski definition) is 0. The average Bonchev–Trinajstić information content (AvgIpc) is 2.66. The SMILES string of the molecule is Cc1ccsc1C(Cl)Cc1ccccc1. The van der Waals surface area contributed by atoms with Gasteiger partial charge in [0.2, 0.25) is 0 Å². The van der Waals surface area contributed by atoms with Crippen LogP contribution in [0.4, 0.5) is 0 Å². The molecule has 78 valence electrons. The molecular weight excluding hydrogens is 224 g/mol. The van der Waals surface area contributed by atoms with Crippen molar-refractivity contribution in [2.45, 2.75) is 18.7 Å². The average molecular weight is 237 g/mol. The Balaban J connectivity index is 2.11. The van der Waals surface area contributed by atoms with Crippen molar-refractivity contribution in [2.24, 2.45) is 0 Å². The molecule has 2 aromatic rings. The molecule has 0 bridgehead atoms. The van der Waals surface area contributed by atoms with Gasteiger partial charge >= 0.3 is 0 Å². The molecule has 0 radical (unpaired) electrons. The van der Waals surface area contributed by atoms with Crippen LogP contribution in [0.3, 0.4) is 0 Å². The van der Waals surface area contributed by atoms with Crippen LogP contribution in [0.15, 0.2) is 41.8 Å². The Morgan fingerprint density at radius 3 is 2.53 bits per heavy atom. The van der Waals surface area contributed by atoms with Crippen LogP contribution in [0.2, 0.25) is 0 Å². The fraction of sp³-hybridized carbons (Fsp3) is 0.231. The lowest BCUT2D eigenvalue weighted by molar-refractivity contribution is 0.932. The van der Waals surface area contributed by atoms with Crippen LogP contribution in [0, 0.1) is 6.92 Å². The first kappa shape index (κ1) is 10.7. The standard InChI is InChI=1S/C13H13ClS/c1-10-7-8-15-13(10)12(14)9-11-5-3-2-4-6-11/h2-8,12H,9H2,1H3. The van der Waals surface area contributed by atoms with Gasteiger partial charge in [-0.2, -0.15) is 0 Å². The Labute approximate surface area is 99.5 Å². The maximum Gasteiger partial charge on any atom is 0.0721 e. The molecule has 0 amide bonds. The van der Waals surface area contributed by atoms with Gasteiger partial charge < -0.3 is 0 Å². The second-order valence-electron chi connectivity index (χ2n) is 3.63. The zero-order chi connectivity index (χ0) is 10.7. The van der Waals surface area contributed by atoms with E-state index in [1.54, 1.807) is 11.3 Å². The number of rotatable bonds is 3. The van der Waals surface area contributed by atoms with Gasteiger partial charge in [-0.3, -0.25) is 0 Å². The Morgan fingerprint density at radius 2 is 1.93 bits per heavy atom. The van der Waals surface area contributed by atoms with E-state index in [0.717, 1.165) is 6.42 Å². The molecule has 1 heterocycles. The molecule has 0 fully saturated rings. The summed E-state index contributed by atoms with van der Waals surface area (Å²) in [5.41, 5.74) is 2.60. The second kappa shape index (κ2) is 4.82. The van der Waals surface area contributed by atoms with Crippen molar-refractivity contribution in [1.82, 2.24) is 0 Å². The largest absolute Gasteiger partial charge is 0.147 e. The first-order valence-corrected chi connectivity index (χ1v) is 6.31. The second-order valence-corrected chi connectivity index (χ2v) is 5.10. The minimum Gasteiger partial charge on any atom is -0.147 e. The Bertz CT molecular complexity index is 419. The molecule has 0 aliphatic rings. The summed E-state index contributed by atoms with van der Waals surface area (Å²) >= 11 is 8.14. The molecular formula is C13H13ClS. The highest BCUT2D eigenvalue weighted by atomic mass is 35.5. The molecule has 15 heavy (non-hydrogen) atoms. The van der Waals surface area contributed by atoms with Gasteiger partial charge in [-0.15, -0.1) is 22.9 Å². The van der Waals surface area contributed by atoms with Crippen LogP contribution >= 0.6 is 22.9 Å². The van der Waals surface area contributed by atoms with E-state index in [0.29, 0.717) is 0 Å². The van der Waals surface area contributed by atoms with Crippen molar-refractivity contribution in [1.29, 1.82) is 0 Å². The summed E-state index contributed by atoms with van der Waals surface area (Å²) in [5.74, 6) is 0. The number of hydrogen-bond acceptors (Lipinski definition) is 1. The molecule has 1 unspecified atom stereocenters. The third-order valence-corrected chi connectivity index (χ3v) is 4.08. The molecule has 0 nitrogen and oxygen atoms in total. The molecule has 2 heteroatoms. The van der Waals surface area contributed by atoms with Gasteiger partial charge in [0.05, 0.1) is 5.38 Å². The molecule has 0 saturated carbocycles. The monoisotopic (exact) mass is 236 g/mol. The zero-order valence-electron chi connectivity index (χ0n) is 8.61. The van der Waals surface area contributed by atoms with E-state index in [1.807, 2.05) is 6.07 Å². The maximum atomic E-state index is 6.40. The summed E-state index contributed by atoms with van der Waals surface area (Å²) in [5, 5.41) is 2.21. The maximum absolute atomic E-state index is 6.40. The Kier molecular flexibility index (Phi) is 3.45. The lowest BCUT2D eigenvalue weighted by atomic mass is 10.1. The van der Waals surface area contributed by atoms with Crippen LogP contribution in [0.25, 0.3) is 0 Å². The van der Waals surface area contributed by atoms with Gasteiger partial charge in [-0.25, -0.2) is 0 Å². The van der Waals surface area contributed by atoms with E-state index < -0.39 is 0 Å². The minimum absolute atomic E-state index is 0.104. The van der Waals surface area contributed by atoms with E-state index in [1.165, 1.54) is 16.0 Å². The van der Waals surface area contributed by atoms with E-state index in [4.69, 9.17) is 11.6 Å². The highest BCUT2D eigenvalue weighted by Gasteiger charge is 2.12. The Morgan fingerprint density at radius 1 is 1.20 bits per heavy atom. The molecule has 0 saturated heterocycles. The van der Waals surface area contributed by atoms with Crippen LogP contribution in [0.1, 0.15) is 21.4 Å². The molecule has 2 rings (SSSR count). The summed E-state index contributed by atoms with van der Waals surface area (Å²) in [7, 11) is 0. The van der Waals surface area contributed by atoms with E-state index in [2.05, 4.69) is 42.6 Å². The first-order valence-electron chi connectivity index (χ1n) is 4.99. The van der Waals surface area contributed by atoms with E-state index in [-0.39, 0.29) is 5.38 Å². The number of benzene rings is 1. The topological polar surface area (TPSA) is 0 Å². The van der Waals surface area contributed by atoms with Crippen LogP contribution in [0.5, 0.6) is 0 Å². The quantitative estimate of drug-likeness (QED) is 0.685. The lowest BCUT2D eigenvalue weighted by Gasteiger charge is -2.08. The summed E-state index contributed by atoms with van der Waals surface area (Å²) < 4.78 is 0. The smallest absolute Gasteiger partial charge is 0.0721 e. The molecule has 0 aliphatic carbocycles. The molecule has 1 atom stereocenters. The Hall–Kier alpha value is -0.790. The number of thiophene rings is 1. The minimum atomic E-state index is 0.104. The van der Waals surface area contributed by atoms with Crippen LogP contribution in [-0.2, 0) is 6.42 Å². The highest BCUT2D eigenvalue weighted by Crippen LogP contribution is 2.31. The summed E-state index contributed by atoms with van der Waals surface area (Å²) in [6.45, 7) is 2.12. The lowest BCUT2D eigenvalue weighted by Crippen LogP contribution is -1.94. The summed E-state index contributed by atoms with van der Waals surface area (Å²) in [4.78, 5) is 1.29. The fourth-order valence-electron chi connectivity index (χ4n) is 1.62. The zero-order valence-corrected chi connectivity index (χ0v) is 10.2. The van der Waals surface area contributed by atoms with Crippen LogP contribution in [-0.4, -0.2) is 0 Å². The molecule has 0 spiro atoms. The van der Waals surface area contributed by atoms with Gasteiger partial charge in [0, 0.05) is 4.88 Å². The predicted octanol–water partition coefficient (Wildman–Crippen LogP) is 4.58. The fourth-order valence-corrected chi connectivity index (χ4v) is 3.03.